The molecule has 0 bridgehead atoms. The van der Waals surface area contributed by atoms with Gasteiger partial charge in [0, 0.05) is 24.3 Å². The smallest absolute Gasteiger partial charge is 0.251 e. The number of carbonyl (C=O) groups excluding carboxylic acids is 2. The van der Waals surface area contributed by atoms with E-state index >= 15 is 0 Å². The Morgan fingerprint density at radius 1 is 1.17 bits per heavy atom. The van der Waals surface area contributed by atoms with Crippen molar-refractivity contribution in [3.05, 3.63) is 70.6 Å². The van der Waals surface area contributed by atoms with Crippen LogP contribution in [0.3, 0.4) is 0 Å². The molecule has 1 unspecified atom stereocenters. The standard InChI is InChI=1S/C23H28N2O3S/c1-16-10-11-18(14-21(16)23(27)24-17(2)15-28-5)19-8-6-7-9-20(19)22(26)12-13-29-25(3)4/h6-14,17H,15H2,1-5H3,(H,24,27)/b13-12+. The summed E-state index contributed by atoms with van der Waals surface area (Å²) < 4.78 is 7.00. The molecule has 2 rings (SSSR count). The maximum absolute atomic E-state index is 12.7. The molecular formula is C23H28N2O3S. The quantitative estimate of drug-likeness (QED) is 0.377. The van der Waals surface area contributed by atoms with Crippen molar-refractivity contribution in [2.75, 3.05) is 27.8 Å². The van der Waals surface area contributed by atoms with Crippen molar-refractivity contribution in [2.45, 2.75) is 19.9 Å². The summed E-state index contributed by atoms with van der Waals surface area (Å²) in [7, 11) is 5.44. The fourth-order valence-corrected chi connectivity index (χ4v) is 3.31. The number of aryl methyl sites for hydroxylation is 1. The van der Waals surface area contributed by atoms with E-state index < -0.39 is 0 Å². The predicted molar refractivity (Wildman–Crippen MR) is 120 cm³/mol. The molecule has 0 fully saturated rings. The van der Waals surface area contributed by atoms with E-state index in [1.54, 1.807) is 18.6 Å². The molecule has 0 saturated heterocycles. The second-order valence-corrected chi connectivity index (χ2v) is 8.20. The number of benzene rings is 2. The number of ketones is 1. The predicted octanol–water partition coefficient (Wildman–Crippen LogP) is 4.33. The molecule has 154 valence electrons. The van der Waals surface area contributed by atoms with E-state index in [0.717, 1.165) is 16.7 Å². The van der Waals surface area contributed by atoms with Gasteiger partial charge >= 0.3 is 0 Å². The van der Waals surface area contributed by atoms with Gasteiger partial charge in [0.05, 0.1) is 6.61 Å². The van der Waals surface area contributed by atoms with E-state index in [9.17, 15) is 9.59 Å². The molecule has 1 atom stereocenters. The highest BCUT2D eigenvalue weighted by molar-refractivity contribution is 7.99. The first kappa shape index (κ1) is 22.9. The number of nitrogens with one attached hydrogen (secondary N) is 1. The van der Waals surface area contributed by atoms with Crippen molar-refractivity contribution in [3.8, 4) is 11.1 Å². The van der Waals surface area contributed by atoms with Crippen LogP contribution in [0.15, 0.2) is 53.9 Å². The number of carbonyl (C=O) groups is 2. The molecule has 0 heterocycles. The van der Waals surface area contributed by atoms with Crippen LogP contribution in [0.2, 0.25) is 0 Å². The van der Waals surface area contributed by atoms with E-state index in [2.05, 4.69) is 5.32 Å². The zero-order chi connectivity index (χ0) is 21.4. The van der Waals surface area contributed by atoms with Crippen molar-refractivity contribution in [1.82, 2.24) is 9.62 Å². The molecule has 0 aromatic heterocycles. The van der Waals surface area contributed by atoms with Crippen molar-refractivity contribution >= 4 is 23.6 Å². The summed E-state index contributed by atoms with van der Waals surface area (Å²) in [6.45, 7) is 4.24. The number of methoxy groups -OCH3 is 1. The van der Waals surface area contributed by atoms with Gasteiger partial charge in [-0.05, 0) is 62.2 Å². The van der Waals surface area contributed by atoms with Crippen LogP contribution in [0.1, 0.15) is 33.2 Å². The van der Waals surface area contributed by atoms with Gasteiger partial charge in [-0.3, -0.25) is 13.9 Å². The van der Waals surface area contributed by atoms with Crippen LogP contribution in [0.4, 0.5) is 0 Å². The second kappa shape index (κ2) is 11.0. The van der Waals surface area contributed by atoms with Gasteiger partial charge < -0.3 is 10.1 Å². The SMILES string of the molecule is COCC(C)NC(=O)c1cc(-c2ccccc2C(=O)/C=C/SN(C)C)ccc1C. The van der Waals surface area contributed by atoms with E-state index in [1.165, 1.54) is 11.9 Å². The average molecular weight is 413 g/mol. The van der Waals surface area contributed by atoms with Crippen LogP contribution in [0.5, 0.6) is 0 Å². The molecule has 0 spiro atoms. The van der Waals surface area contributed by atoms with Crippen molar-refractivity contribution in [2.24, 2.45) is 0 Å². The minimum Gasteiger partial charge on any atom is -0.383 e. The Morgan fingerprint density at radius 3 is 2.59 bits per heavy atom. The summed E-state index contributed by atoms with van der Waals surface area (Å²) in [6, 6.07) is 13.0. The van der Waals surface area contributed by atoms with Gasteiger partial charge in [0.1, 0.15) is 0 Å². The minimum atomic E-state index is -0.153. The first-order chi connectivity index (χ1) is 13.8. The Kier molecular flexibility index (Phi) is 8.64. The van der Waals surface area contributed by atoms with Crippen molar-refractivity contribution < 1.29 is 14.3 Å². The molecule has 0 aliphatic carbocycles. The molecule has 2 aromatic carbocycles. The summed E-state index contributed by atoms with van der Waals surface area (Å²) in [5.41, 5.74) is 3.70. The summed E-state index contributed by atoms with van der Waals surface area (Å²) in [4.78, 5) is 25.4. The average Bonchev–Trinajstić information content (AvgIpc) is 2.68. The number of hydrogen-bond acceptors (Lipinski definition) is 5. The number of allylic oxidation sites excluding steroid dienone is 1. The molecule has 6 heteroatoms. The second-order valence-electron chi connectivity index (χ2n) is 6.99. The normalized spacial score (nSPS) is 12.3. The number of rotatable bonds is 9. The molecule has 0 radical (unpaired) electrons. The van der Waals surface area contributed by atoms with Gasteiger partial charge in [0.25, 0.3) is 5.91 Å². The van der Waals surface area contributed by atoms with Crippen LogP contribution >= 0.6 is 11.9 Å². The third-order valence-electron chi connectivity index (χ3n) is 4.27. The highest BCUT2D eigenvalue weighted by Crippen LogP contribution is 2.27. The Hall–Kier alpha value is -2.41. The van der Waals surface area contributed by atoms with Gasteiger partial charge in [-0.25, -0.2) is 0 Å². The zero-order valence-electron chi connectivity index (χ0n) is 17.6. The van der Waals surface area contributed by atoms with Gasteiger partial charge in [-0.2, -0.15) is 0 Å². The van der Waals surface area contributed by atoms with E-state index in [-0.39, 0.29) is 17.7 Å². The molecule has 29 heavy (non-hydrogen) atoms. The van der Waals surface area contributed by atoms with E-state index in [0.29, 0.717) is 17.7 Å². The van der Waals surface area contributed by atoms with Gasteiger partial charge in [-0.1, -0.05) is 48.3 Å². The van der Waals surface area contributed by atoms with Crippen LogP contribution in [0, 0.1) is 6.92 Å². The van der Waals surface area contributed by atoms with E-state index in [4.69, 9.17) is 4.74 Å². The first-order valence-corrected chi connectivity index (χ1v) is 10.2. The third-order valence-corrected chi connectivity index (χ3v) is 4.95. The Morgan fingerprint density at radius 2 is 1.90 bits per heavy atom. The molecule has 0 saturated carbocycles. The molecule has 0 aliphatic heterocycles. The molecule has 5 nitrogen and oxygen atoms in total. The van der Waals surface area contributed by atoms with Crippen LogP contribution < -0.4 is 5.32 Å². The highest BCUT2D eigenvalue weighted by atomic mass is 32.2. The molecule has 1 N–H and O–H groups in total. The highest BCUT2D eigenvalue weighted by Gasteiger charge is 2.16. The lowest BCUT2D eigenvalue weighted by Crippen LogP contribution is -2.35. The van der Waals surface area contributed by atoms with Crippen LogP contribution in [-0.2, 0) is 4.74 Å². The monoisotopic (exact) mass is 412 g/mol. The molecule has 1 amide bonds. The lowest BCUT2D eigenvalue weighted by Gasteiger charge is -2.15. The fraction of sp³-hybridized carbons (Fsp3) is 0.304. The van der Waals surface area contributed by atoms with Crippen LogP contribution in [-0.4, -0.2) is 49.8 Å². The van der Waals surface area contributed by atoms with Crippen molar-refractivity contribution in [1.29, 1.82) is 0 Å². The number of hydrogen-bond donors (Lipinski definition) is 1. The summed E-state index contributed by atoms with van der Waals surface area (Å²) in [5.74, 6) is -0.227. The molecule has 2 aromatic rings. The van der Waals surface area contributed by atoms with E-state index in [1.807, 2.05) is 74.7 Å². The maximum Gasteiger partial charge on any atom is 0.251 e. The van der Waals surface area contributed by atoms with Crippen LogP contribution in [0.25, 0.3) is 11.1 Å². The zero-order valence-corrected chi connectivity index (χ0v) is 18.4. The minimum absolute atomic E-state index is 0.0738. The molecule has 0 aliphatic rings. The largest absolute Gasteiger partial charge is 0.383 e. The van der Waals surface area contributed by atoms with Gasteiger partial charge in [-0.15, -0.1) is 0 Å². The fourth-order valence-electron chi connectivity index (χ4n) is 2.88. The Balaban J connectivity index is 2.35. The van der Waals surface area contributed by atoms with Gasteiger partial charge in [0.2, 0.25) is 0 Å². The summed E-state index contributed by atoms with van der Waals surface area (Å²) >= 11 is 1.44. The molecular weight excluding hydrogens is 384 g/mol. The summed E-state index contributed by atoms with van der Waals surface area (Å²) in [5, 5.41) is 4.71. The Labute approximate surface area is 177 Å². The third kappa shape index (κ3) is 6.56. The first-order valence-electron chi connectivity index (χ1n) is 9.38. The maximum atomic E-state index is 12.7. The Bertz CT molecular complexity index is 893. The lowest BCUT2D eigenvalue weighted by atomic mass is 9.94. The van der Waals surface area contributed by atoms with Crippen molar-refractivity contribution in [3.63, 3.8) is 0 Å². The topological polar surface area (TPSA) is 58.6 Å². The number of amides is 1. The lowest BCUT2D eigenvalue weighted by molar-refractivity contribution is 0.0904. The summed E-state index contributed by atoms with van der Waals surface area (Å²) in [6.07, 6.45) is 1.57. The number of nitrogens with zero attached hydrogens (tertiary/aromatic N) is 1. The number of ether oxygens (including phenoxy) is 1. The van der Waals surface area contributed by atoms with Gasteiger partial charge in [0.15, 0.2) is 5.78 Å².